The Morgan fingerprint density at radius 1 is 1.47 bits per heavy atom. The Kier molecular flexibility index (Phi) is 2.99. The number of amides is 1. The van der Waals surface area contributed by atoms with Crippen LogP contribution in [0.3, 0.4) is 0 Å². The molecule has 1 aliphatic rings. The predicted octanol–water partition coefficient (Wildman–Crippen LogP) is 0.542. The van der Waals surface area contributed by atoms with Crippen molar-refractivity contribution in [1.82, 2.24) is 0 Å². The number of rotatable bonds is 2. The van der Waals surface area contributed by atoms with Crippen LogP contribution >= 0.6 is 0 Å². The fourth-order valence-electron chi connectivity index (χ4n) is 1.61. The van der Waals surface area contributed by atoms with Gasteiger partial charge in [0.25, 0.3) is 5.91 Å². The van der Waals surface area contributed by atoms with Crippen molar-refractivity contribution in [1.29, 1.82) is 0 Å². The number of benzene rings is 1. The lowest BCUT2D eigenvalue weighted by Gasteiger charge is -2.27. The predicted molar refractivity (Wildman–Crippen MR) is 55.5 cm³/mol. The van der Waals surface area contributed by atoms with Gasteiger partial charge in [0, 0.05) is 12.2 Å². The van der Waals surface area contributed by atoms with Crippen LogP contribution in [0.4, 0.5) is 5.69 Å². The van der Waals surface area contributed by atoms with Gasteiger partial charge in [-0.15, -0.1) is 0 Å². The molecule has 1 amide bonds. The Labute approximate surface area is 88.1 Å². The van der Waals surface area contributed by atoms with E-state index in [1.54, 1.807) is 4.90 Å². The summed E-state index contributed by atoms with van der Waals surface area (Å²) in [7, 11) is 0. The van der Waals surface area contributed by atoms with Crippen molar-refractivity contribution in [3.63, 3.8) is 0 Å². The van der Waals surface area contributed by atoms with E-state index in [0.29, 0.717) is 13.2 Å². The molecule has 1 saturated heterocycles. The molecular weight excluding hydrogens is 194 g/mol. The molecule has 1 fully saturated rings. The van der Waals surface area contributed by atoms with Crippen molar-refractivity contribution < 1.29 is 14.6 Å². The van der Waals surface area contributed by atoms with Crippen molar-refractivity contribution >= 4 is 11.6 Å². The summed E-state index contributed by atoms with van der Waals surface area (Å²) in [5.74, 6) is -0.0312. The van der Waals surface area contributed by atoms with E-state index in [9.17, 15) is 4.79 Å². The quantitative estimate of drug-likeness (QED) is 0.770. The molecule has 4 nitrogen and oxygen atoms in total. The Bertz CT molecular complexity index is 365. The number of aliphatic hydroxyl groups excluding tert-OH is 1. The topological polar surface area (TPSA) is 49.8 Å². The van der Waals surface area contributed by atoms with Gasteiger partial charge in [0.1, 0.15) is 6.61 Å². The minimum Gasteiger partial charge on any atom is -0.392 e. The summed E-state index contributed by atoms with van der Waals surface area (Å²) in [5, 5.41) is 9.00. The van der Waals surface area contributed by atoms with Gasteiger partial charge < -0.3 is 14.7 Å². The average Bonchev–Trinajstić information content (AvgIpc) is 2.30. The summed E-state index contributed by atoms with van der Waals surface area (Å²) in [6.45, 7) is 1.28. The normalized spacial score (nSPS) is 16.9. The van der Waals surface area contributed by atoms with Gasteiger partial charge in [0.15, 0.2) is 0 Å². The number of ether oxygens (including phenoxy) is 1. The average molecular weight is 207 g/mol. The number of nitrogens with zero attached hydrogens (tertiary/aromatic N) is 1. The van der Waals surface area contributed by atoms with E-state index in [-0.39, 0.29) is 19.1 Å². The standard InChI is InChI=1S/C11H13NO3/c13-7-9-2-1-3-10(6-9)12-4-5-15-8-11(12)14/h1-3,6,13H,4-5,7-8H2. The van der Waals surface area contributed by atoms with E-state index in [0.717, 1.165) is 11.3 Å². The van der Waals surface area contributed by atoms with Crippen LogP contribution in [0, 0.1) is 0 Å². The van der Waals surface area contributed by atoms with Gasteiger partial charge in [-0.25, -0.2) is 0 Å². The zero-order valence-electron chi connectivity index (χ0n) is 8.35. The van der Waals surface area contributed by atoms with E-state index in [2.05, 4.69) is 0 Å². The first-order valence-corrected chi connectivity index (χ1v) is 4.89. The lowest BCUT2D eigenvalue weighted by atomic mass is 10.2. The minimum atomic E-state index is -0.0312. The van der Waals surface area contributed by atoms with Crippen molar-refractivity contribution in [2.75, 3.05) is 24.7 Å². The number of carbonyl (C=O) groups excluding carboxylic acids is 1. The Hall–Kier alpha value is -1.39. The number of hydrogen-bond acceptors (Lipinski definition) is 3. The maximum atomic E-state index is 11.5. The van der Waals surface area contributed by atoms with Gasteiger partial charge in [-0.2, -0.15) is 0 Å². The zero-order chi connectivity index (χ0) is 10.7. The fourth-order valence-corrected chi connectivity index (χ4v) is 1.61. The van der Waals surface area contributed by atoms with E-state index >= 15 is 0 Å². The lowest BCUT2D eigenvalue weighted by Crippen LogP contribution is -2.41. The summed E-state index contributed by atoms with van der Waals surface area (Å²) >= 11 is 0. The molecule has 0 unspecified atom stereocenters. The fraction of sp³-hybridized carbons (Fsp3) is 0.364. The number of morpholine rings is 1. The molecular formula is C11H13NO3. The first kappa shape index (κ1) is 10.1. The van der Waals surface area contributed by atoms with Crippen LogP contribution in [0.2, 0.25) is 0 Å². The maximum Gasteiger partial charge on any atom is 0.253 e. The van der Waals surface area contributed by atoms with Gasteiger partial charge in [0.05, 0.1) is 13.2 Å². The van der Waals surface area contributed by atoms with Crippen LogP contribution in [0.1, 0.15) is 5.56 Å². The Morgan fingerprint density at radius 3 is 3.07 bits per heavy atom. The molecule has 0 spiro atoms. The van der Waals surface area contributed by atoms with Gasteiger partial charge in [-0.1, -0.05) is 12.1 Å². The molecule has 0 aromatic heterocycles. The first-order valence-electron chi connectivity index (χ1n) is 4.89. The van der Waals surface area contributed by atoms with Crippen molar-refractivity contribution in [2.24, 2.45) is 0 Å². The molecule has 1 N–H and O–H groups in total. The van der Waals surface area contributed by atoms with Crippen molar-refractivity contribution in [3.05, 3.63) is 29.8 Å². The third kappa shape index (κ3) is 2.16. The molecule has 1 aromatic carbocycles. The summed E-state index contributed by atoms with van der Waals surface area (Å²) in [6.07, 6.45) is 0. The minimum absolute atomic E-state index is 0.00757. The SMILES string of the molecule is O=C1COCCN1c1cccc(CO)c1. The van der Waals surface area contributed by atoms with Crippen LogP contribution in [-0.2, 0) is 16.1 Å². The molecule has 1 aliphatic heterocycles. The highest BCUT2D eigenvalue weighted by Gasteiger charge is 2.19. The largest absolute Gasteiger partial charge is 0.392 e. The summed E-state index contributed by atoms with van der Waals surface area (Å²) in [6, 6.07) is 7.35. The third-order valence-electron chi connectivity index (χ3n) is 2.39. The summed E-state index contributed by atoms with van der Waals surface area (Å²) in [5.41, 5.74) is 1.64. The molecule has 80 valence electrons. The Morgan fingerprint density at radius 2 is 2.33 bits per heavy atom. The van der Waals surface area contributed by atoms with Crippen molar-refractivity contribution in [3.8, 4) is 0 Å². The second-order valence-corrected chi connectivity index (χ2v) is 3.43. The smallest absolute Gasteiger partial charge is 0.253 e. The highest BCUT2D eigenvalue weighted by molar-refractivity contribution is 5.94. The highest BCUT2D eigenvalue weighted by Crippen LogP contribution is 2.18. The molecule has 15 heavy (non-hydrogen) atoms. The highest BCUT2D eigenvalue weighted by atomic mass is 16.5. The van der Waals surface area contributed by atoms with Crippen LogP contribution < -0.4 is 4.90 Å². The molecule has 4 heteroatoms. The molecule has 0 atom stereocenters. The molecule has 0 radical (unpaired) electrons. The first-order chi connectivity index (χ1) is 7.31. The molecule has 2 rings (SSSR count). The molecule has 1 heterocycles. The van der Waals surface area contributed by atoms with Gasteiger partial charge in [0.2, 0.25) is 0 Å². The number of anilines is 1. The van der Waals surface area contributed by atoms with Gasteiger partial charge in [-0.3, -0.25) is 4.79 Å². The lowest BCUT2D eigenvalue weighted by molar-refractivity contribution is -0.125. The van der Waals surface area contributed by atoms with Crippen LogP contribution in [0.15, 0.2) is 24.3 Å². The van der Waals surface area contributed by atoms with Crippen LogP contribution in [0.5, 0.6) is 0 Å². The van der Waals surface area contributed by atoms with E-state index in [1.807, 2.05) is 24.3 Å². The number of aliphatic hydroxyl groups is 1. The van der Waals surface area contributed by atoms with Crippen LogP contribution in [0.25, 0.3) is 0 Å². The van der Waals surface area contributed by atoms with E-state index in [1.165, 1.54) is 0 Å². The molecule has 0 saturated carbocycles. The van der Waals surface area contributed by atoms with Crippen LogP contribution in [-0.4, -0.2) is 30.8 Å². The van der Waals surface area contributed by atoms with Gasteiger partial charge in [-0.05, 0) is 17.7 Å². The van der Waals surface area contributed by atoms with E-state index in [4.69, 9.17) is 9.84 Å². The monoisotopic (exact) mass is 207 g/mol. The van der Waals surface area contributed by atoms with Gasteiger partial charge >= 0.3 is 0 Å². The molecule has 1 aromatic rings. The summed E-state index contributed by atoms with van der Waals surface area (Å²) < 4.78 is 5.05. The maximum absolute atomic E-state index is 11.5. The number of hydrogen-bond donors (Lipinski definition) is 1. The zero-order valence-corrected chi connectivity index (χ0v) is 8.35. The second-order valence-electron chi connectivity index (χ2n) is 3.43. The van der Waals surface area contributed by atoms with Crippen molar-refractivity contribution in [2.45, 2.75) is 6.61 Å². The molecule has 0 aliphatic carbocycles. The third-order valence-corrected chi connectivity index (χ3v) is 2.39. The van der Waals surface area contributed by atoms with E-state index < -0.39 is 0 Å². The second kappa shape index (κ2) is 4.42. The number of carbonyl (C=O) groups is 1. The Balaban J connectivity index is 2.23. The summed E-state index contributed by atoms with van der Waals surface area (Å²) in [4.78, 5) is 13.2. The molecule has 0 bridgehead atoms.